The molecule has 2 aromatic rings. The Morgan fingerprint density at radius 3 is 2.50 bits per heavy atom. The van der Waals surface area contributed by atoms with Gasteiger partial charge in [-0.2, -0.15) is 0 Å². The van der Waals surface area contributed by atoms with Crippen LogP contribution in [0, 0.1) is 13.8 Å². The number of nitrogens with one attached hydrogen (secondary N) is 1. The maximum absolute atomic E-state index is 11.9. The highest BCUT2D eigenvalue weighted by Crippen LogP contribution is 2.16. The lowest BCUT2D eigenvalue weighted by molar-refractivity contribution is -0.111. The summed E-state index contributed by atoms with van der Waals surface area (Å²) in [6.07, 6.45) is 3.19. The fourth-order valence-electron chi connectivity index (χ4n) is 1.80. The number of hydrogen-bond acceptors (Lipinski definition) is 2. The zero-order valence-electron chi connectivity index (χ0n) is 11.6. The van der Waals surface area contributed by atoms with Crippen molar-refractivity contribution in [2.24, 2.45) is 0 Å². The van der Waals surface area contributed by atoms with Gasteiger partial charge in [0.25, 0.3) is 0 Å². The molecule has 3 nitrogen and oxygen atoms in total. The molecule has 0 fully saturated rings. The van der Waals surface area contributed by atoms with E-state index < -0.39 is 0 Å². The van der Waals surface area contributed by atoms with Crippen molar-refractivity contribution in [3.8, 4) is 5.75 Å². The van der Waals surface area contributed by atoms with Crippen LogP contribution in [0.1, 0.15) is 16.7 Å². The summed E-state index contributed by atoms with van der Waals surface area (Å²) < 4.78 is 0. The number of benzene rings is 2. The first kappa shape index (κ1) is 13.9. The number of carbonyl (C=O) groups excluding carboxylic acids is 1. The zero-order valence-corrected chi connectivity index (χ0v) is 11.6. The Kier molecular flexibility index (Phi) is 4.20. The van der Waals surface area contributed by atoms with Crippen LogP contribution < -0.4 is 5.32 Å². The number of hydrogen-bond donors (Lipinski definition) is 2. The van der Waals surface area contributed by atoms with Gasteiger partial charge in [0, 0.05) is 11.8 Å². The number of carbonyl (C=O) groups is 1. The van der Waals surface area contributed by atoms with Gasteiger partial charge in [-0.15, -0.1) is 0 Å². The van der Waals surface area contributed by atoms with Crippen LogP contribution in [0.3, 0.4) is 0 Å². The molecule has 0 bridgehead atoms. The topological polar surface area (TPSA) is 49.3 Å². The summed E-state index contributed by atoms with van der Waals surface area (Å²) >= 11 is 0. The lowest BCUT2D eigenvalue weighted by atomic mass is 10.1. The van der Waals surface area contributed by atoms with Gasteiger partial charge < -0.3 is 10.4 Å². The SMILES string of the molecule is Cc1ccc(C)c(NC(=O)/C=C/c2ccc(O)cc2)c1. The molecule has 0 radical (unpaired) electrons. The van der Waals surface area contributed by atoms with Gasteiger partial charge in [-0.05, 0) is 54.8 Å². The van der Waals surface area contributed by atoms with E-state index in [9.17, 15) is 9.90 Å². The van der Waals surface area contributed by atoms with E-state index in [-0.39, 0.29) is 11.7 Å². The quantitative estimate of drug-likeness (QED) is 0.834. The Morgan fingerprint density at radius 1 is 1.10 bits per heavy atom. The molecular weight excluding hydrogens is 250 g/mol. The highest BCUT2D eigenvalue weighted by molar-refractivity contribution is 6.02. The minimum atomic E-state index is -0.174. The van der Waals surface area contributed by atoms with Crippen molar-refractivity contribution in [3.63, 3.8) is 0 Å². The van der Waals surface area contributed by atoms with Crippen LogP contribution in [0.5, 0.6) is 5.75 Å². The van der Waals surface area contributed by atoms with Crippen LogP contribution in [0.25, 0.3) is 6.08 Å². The molecule has 102 valence electrons. The van der Waals surface area contributed by atoms with Gasteiger partial charge in [-0.25, -0.2) is 0 Å². The molecule has 0 atom stereocenters. The van der Waals surface area contributed by atoms with E-state index in [4.69, 9.17) is 0 Å². The van der Waals surface area contributed by atoms with Crippen molar-refractivity contribution in [1.29, 1.82) is 0 Å². The normalized spacial score (nSPS) is 10.7. The third kappa shape index (κ3) is 3.72. The van der Waals surface area contributed by atoms with Crippen LogP contribution in [-0.4, -0.2) is 11.0 Å². The molecule has 0 unspecified atom stereocenters. The summed E-state index contributed by atoms with van der Waals surface area (Å²) in [5.74, 6) is 0.0359. The third-order valence-corrected chi connectivity index (χ3v) is 2.97. The largest absolute Gasteiger partial charge is 0.508 e. The highest BCUT2D eigenvalue weighted by atomic mass is 16.3. The van der Waals surface area contributed by atoms with E-state index in [1.165, 1.54) is 6.08 Å². The predicted molar refractivity (Wildman–Crippen MR) is 81.7 cm³/mol. The summed E-state index contributed by atoms with van der Waals surface area (Å²) in [6, 6.07) is 12.6. The van der Waals surface area contributed by atoms with Crippen LogP contribution >= 0.6 is 0 Å². The van der Waals surface area contributed by atoms with Crippen molar-refractivity contribution in [1.82, 2.24) is 0 Å². The number of amides is 1. The molecule has 20 heavy (non-hydrogen) atoms. The zero-order chi connectivity index (χ0) is 14.5. The fraction of sp³-hybridized carbons (Fsp3) is 0.118. The molecule has 0 aliphatic carbocycles. The summed E-state index contributed by atoms with van der Waals surface area (Å²) in [6.45, 7) is 3.94. The maximum Gasteiger partial charge on any atom is 0.248 e. The average molecular weight is 267 g/mol. The molecule has 0 aliphatic rings. The van der Waals surface area contributed by atoms with Crippen molar-refractivity contribution in [3.05, 3.63) is 65.2 Å². The second kappa shape index (κ2) is 6.06. The van der Waals surface area contributed by atoms with Crippen LogP contribution in [-0.2, 0) is 4.79 Å². The highest BCUT2D eigenvalue weighted by Gasteiger charge is 2.01. The summed E-state index contributed by atoms with van der Waals surface area (Å²) in [7, 11) is 0. The first-order chi connectivity index (χ1) is 9.54. The Balaban J connectivity index is 2.05. The Labute approximate surface area is 118 Å². The van der Waals surface area contributed by atoms with Gasteiger partial charge in [0.15, 0.2) is 0 Å². The van der Waals surface area contributed by atoms with Gasteiger partial charge in [-0.3, -0.25) is 4.79 Å². The van der Waals surface area contributed by atoms with E-state index in [1.54, 1.807) is 30.3 Å². The Hall–Kier alpha value is -2.55. The second-order valence-corrected chi connectivity index (χ2v) is 4.73. The molecule has 0 aliphatic heterocycles. The summed E-state index contributed by atoms with van der Waals surface area (Å²) in [5, 5.41) is 12.0. The number of phenolic OH excluding ortho intramolecular Hbond substituents is 1. The number of anilines is 1. The van der Waals surface area contributed by atoms with Gasteiger partial charge in [0.2, 0.25) is 5.91 Å². The molecule has 2 N–H and O–H groups in total. The van der Waals surface area contributed by atoms with Crippen molar-refractivity contribution >= 4 is 17.7 Å². The monoisotopic (exact) mass is 267 g/mol. The fourth-order valence-corrected chi connectivity index (χ4v) is 1.80. The second-order valence-electron chi connectivity index (χ2n) is 4.73. The Bertz CT molecular complexity index is 643. The molecule has 0 saturated carbocycles. The van der Waals surface area contributed by atoms with E-state index in [0.717, 1.165) is 22.4 Å². The van der Waals surface area contributed by atoms with Crippen LogP contribution in [0.4, 0.5) is 5.69 Å². The van der Waals surface area contributed by atoms with E-state index in [0.29, 0.717) is 0 Å². The van der Waals surface area contributed by atoms with Crippen molar-refractivity contribution in [2.45, 2.75) is 13.8 Å². The molecule has 3 heteroatoms. The lowest BCUT2D eigenvalue weighted by Gasteiger charge is -2.07. The molecule has 0 aromatic heterocycles. The van der Waals surface area contributed by atoms with E-state index in [2.05, 4.69) is 5.32 Å². The van der Waals surface area contributed by atoms with E-state index in [1.807, 2.05) is 32.0 Å². The van der Waals surface area contributed by atoms with Gasteiger partial charge in [-0.1, -0.05) is 24.3 Å². The minimum absolute atomic E-state index is 0.174. The molecule has 2 aromatic carbocycles. The maximum atomic E-state index is 11.9. The first-order valence-corrected chi connectivity index (χ1v) is 6.40. The van der Waals surface area contributed by atoms with Crippen molar-refractivity contribution < 1.29 is 9.90 Å². The third-order valence-electron chi connectivity index (χ3n) is 2.97. The predicted octanol–water partition coefficient (Wildman–Crippen LogP) is 3.66. The number of aromatic hydroxyl groups is 1. The summed E-state index contributed by atoms with van der Waals surface area (Å²) in [5.41, 5.74) is 3.82. The standard InChI is InChI=1S/C17H17NO2/c1-12-3-4-13(2)16(11-12)18-17(20)10-7-14-5-8-15(19)9-6-14/h3-11,19H,1-2H3,(H,18,20)/b10-7+. The molecule has 2 rings (SSSR count). The smallest absolute Gasteiger partial charge is 0.248 e. The number of rotatable bonds is 3. The molecule has 0 saturated heterocycles. The van der Waals surface area contributed by atoms with Crippen molar-refractivity contribution in [2.75, 3.05) is 5.32 Å². The Morgan fingerprint density at radius 2 is 1.80 bits per heavy atom. The molecular formula is C17H17NO2. The van der Waals surface area contributed by atoms with E-state index >= 15 is 0 Å². The molecule has 0 heterocycles. The molecule has 0 spiro atoms. The minimum Gasteiger partial charge on any atom is -0.508 e. The van der Waals surface area contributed by atoms with Gasteiger partial charge >= 0.3 is 0 Å². The van der Waals surface area contributed by atoms with Crippen LogP contribution in [0.2, 0.25) is 0 Å². The first-order valence-electron chi connectivity index (χ1n) is 6.40. The number of phenols is 1. The van der Waals surface area contributed by atoms with Gasteiger partial charge in [0.05, 0.1) is 0 Å². The molecule has 1 amide bonds. The summed E-state index contributed by atoms with van der Waals surface area (Å²) in [4.78, 5) is 11.9. The van der Waals surface area contributed by atoms with Gasteiger partial charge in [0.1, 0.15) is 5.75 Å². The lowest BCUT2D eigenvalue weighted by Crippen LogP contribution is -2.09. The van der Waals surface area contributed by atoms with Crippen LogP contribution in [0.15, 0.2) is 48.5 Å². The average Bonchev–Trinajstić information content (AvgIpc) is 2.42. The number of aryl methyl sites for hydroxylation is 2.